The van der Waals surface area contributed by atoms with E-state index in [4.69, 9.17) is 4.42 Å². The van der Waals surface area contributed by atoms with Crippen LogP contribution in [0.5, 0.6) is 0 Å². The van der Waals surface area contributed by atoms with Crippen molar-refractivity contribution in [1.29, 1.82) is 0 Å². The summed E-state index contributed by atoms with van der Waals surface area (Å²) < 4.78 is 5.42. The molecule has 0 aromatic carbocycles. The summed E-state index contributed by atoms with van der Waals surface area (Å²) in [5.74, 6) is 0.972. The van der Waals surface area contributed by atoms with Crippen LogP contribution in [0.3, 0.4) is 0 Å². The van der Waals surface area contributed by atoms with Crippen LogP contribution in [0.25, 0.3) is 0 Å². The zero-order chi connectivity index (χ0) is 13.9. The van der Waals surface area contributed by atoms with Gasteiger partial charge in [-0.2, -0.15) is 0 Å². The molecule has 1 unspecified atom stereocenters. The molecule has 0 spiro atoms. The summed E-state index contributed by atoms with van der Waals surface area (Å²) in [6, 6.07) is 4.91. The second-order valence-corrected chi connectivity index (χ2v) is 6.25. The lowest BCUT2D eigenvalue weighted by Gasteiger charge is -2.32. The fourth-order valence-corrected chi connectivity index (χ4v) is 2.27. The highest BCUT2D eigenvalue weighted by Crippen LogP contribution is 2.29. The Morgan fingerprint density at radius 2 is 2.26 bits per heavy atom. The predicted molar refractivity (Wildman–Crippen MR) is 75.9 cm³/mol. The average molecular weight is 266 g/mol. The van der Waals surface area contributed by atoms with Gasteiger partial charge in [-0.25, -0.2) is 0 Å². The quantitative estimate of drug-likeness (QED) is 0.755. The van der Waals surface area contributed by atoms with Crippen molar-refractivity contribution in [2.75, 3.05) is 13.1 Å². The Bertz CT molecular complexity index is 370. The van der Waals surface area contributed by atoms with Gasteiger partial charge in [-0.15, -0.1) is 0 Å². The number of aliphatic hydroxyl groups is 1. The predicted octanol–water partition coefficient (Wildman–Crippen LogP) is 1.99. The van der Waals surface area contributed by atoms with Crippen molar-refractivity contribution in [2.24, 2.45) is 0 Å². The number of nitrogens with one attached hydrogen (secondary N) is 1. The van der Waals surface area contributed by atoms with E-state index in [9.17, 15) is 5.11 Å². The normalized spacial score (nSPS) is 19.1. The van der Waals surface area contributed by atoms with Crippen LogP contribution in [0.15, 0.2) is 22.8 Å². The van der Waals surface area contributed by atoms with E-state index in [1.165, 1.54) is 12.8 Å². The summed E-state index contributed by atoms with van der Waals surface area (Å²) in [6.07, 6.45) is 4.17. The molecule has 1 aliphatic carbocycles. The molecule has 1 aromatic rings. The molecule has 1 aliphatic rings. The van der Waals surface area contributed by atoms with Crippen molar-refractivity contribution >= 4 is 0 Å². The molecule has 0 radical (unpaired) electrons. The number of hydrogen-bond donors (Lipinski definition) is 2. The van der Waals surface area contributed by atoms with Crippen molar-refractivity contribution in [2.45, 2.75) is 57.8 Å². The third-order valence-corrected chi connectivity index (χ3v) is 3.44. The fourth-order valence-electron chi connectivity index (χ4n) is 2.27. The molecule has 4 nitrogen and oxygen atoms in total. The van der Waals surface area contributed by atoms with Gasteiger partial charge in [-0.1, -0.05) is 13.8 Å². The standard InChI is InChI=1S/C15H26N2O2/c1-12(2)16-10-15(3,18)11-17(13-6-7-13)9-14-5-4-8-19-14/h4-5,8,12-13,16,18H,6-7,9-11H2,1-3H3. The third-order valence-electron chi connectivity index (χ3n) is 3.44. The summed E-state index contributed by atoms with van der Waals surface area (Å²) >= 11 is 0. The maximum absolute atomic E-state index is 10.5. The van der Waals surface area contributed by atoms with Crippen LogP contribution in [0.2, 0.25) is 0 Å². The molecule has 108 valence electrons. The first-order valence-electron chi connectivity index (χ1n) is 7.18. The van der Waals surface area contributed by atoms with E-state index in [-0.39, 0.29) is 0 Å². The first-order chi connectivity index (χ1) is 8.96. The molecular formula is C15H26N2O2. The average Bonchev–Trinajstić information content (AvgIpc) is 3.05. The van der Waals surface area contributed by atoms with Gasteiger partial charge in [-0.05, 0) is 31.9 Å². The maximum Gasteiger partial charge on any atom is 0.117 e. The van der Waals surface area contributed by atoms with E-state index in [1.807, 2.05) is 19.1 Å². The summed E-state index contributed by atoms with van der Waals surface area (Å²) in [7, 11) is 0. The molecule has 1 heterocycles. The highest BCUT2D eigenvalue weighted by atomic mass is 16.3. The molecule has 0 saturated heterocycles. The number of nitrogens with zero attached hydrogens (tertiary/aromatic N) is 1. The Balaban J connectivity index is 1.88. The van der Waals surface area contributed by atoms with Crippen LogP contribution in [0, 0.1) is 0 Å². The minimum atomic E-state index is -0.709. The SMILES string of the molecule is CC(C)NCC(C)(O)CN(Cc1ccco1)C1CC1. The molecule has 0 bridgehead atoms. The lowest BCUT2D eigenvalue weighted by Crippen LogP contribution is -2.49. The van der Waals surface area contributed by atoms with E-state index in [1.54, 1.807) is 6.26 Å². The monoisotopic (exact) mass is 266 g/mol. The first kappa shape index (κ1) is 14.6. The van der Waals surface area contributed by atoms with Gasteiger partial charge in [0.25, 0.3) is 0 Å². The Hall–Kier alpha value is -0.840. The van der Waals surface area contributed by atoms with E-state index in [0.29, 0.717) is 25.2 Å². The van der Waals surface area contributed by atoms with E-state index in [2.05, 4.69) is 24.1 Å². The molecule has 1 fully saturated rings. The lowest BCUT2D eigenvalue weighted by molar-refractivity contribution is 0.0117. The number of furan rings is 1. The number of hydrogen-bond acceptors (Lipinski definition) is 4. The van der Waals surface area contributed by atoms with Crippen LogP contribution in [-0.2, 0) is 6.54 Å². The van der Waals surface area contributed by atoms with Crippen molar-refractivity contribution in [3.05, 3.63) is 24.2 Å². The highest BCUT2D eigenvalue weighted by molar-refractivity contribution is 5.00. The fraction of sp³-hybridized carbons (Fsp3) is 0.733. The molecule has 1 aromatic heterocycles. The summed E-state index contributed by atoms with van der Waals surface area (Å²) in [4.78, 5) is 2.33. The van der Waals surface area contributed by atoms with Crippen LogP contribution in [0.4, 0.5) is 0 Å². The minimum Gasteiger partial charge on any atom is -0.468 e. The Morgan fingerprint density at radius 1 is 1.53 bits per heavy atom. The van der Waals surface area contributed by atoms with Crippen LogP contribution in [0.1, 0.15) is 39.4 Å². The molecular weight excluding hydrogens is 240 g/mol. The largest absolute Gasteiger partial charge is 0.468 e. The molecule has 1 atom stereocenters. The zero-order valence-corrected chi connectivity index (χ0v) is 12.2. The van der Waals surface area contributed by atoms with Crippen molar-refractivity contribution < 1.29 is 9.52 Å². The topological polar surface area (TPSA) is 48.6 Å². The van der Waals surface area contributed by atoms with Gasteiger partial charge in [0.05, 0.1) is 18.4 Å². The molecule has 4 heteroatoms. The van der Waals surface area contributed by atoms with Gasteiger partial charge in [0.1, 0.15) is 5.76 Å². The second kappa shape index (κ2) is 6.07. The van der Waals surface area contributed by atoms with Crippen molar-refractivity contribution in [3.63, 3.8) is 0 Å². The molecule has 2 N–H and O–H groups in total. The first-order valence-corrected chi connectivity index (χ1v) is 7.18. The summed E-state index contributed by atoms with van der Waals surface area (Å²) in [5.41, 5.74) is -0.709. The maximum atomic E-state index is 10.5. The van der Waals surface area contributed by atoms with Crippen LogP contribution < -0.4 is 5.32 Å². The van der Waals surface area contributed by atoms with Gasteiger partial charge >= 0.3 is 0 Å². The molecule has 1 saturated carbocycles. The van der Waals surface area contributed by atoms with Gasteiger partial charge in [0.2, 0.25) is 0 Å². The highest BCUT2D eigenvalue weighted by Gasteiger charge is 2.34. The second-order valence-electron chi connectivity index (χ2n) is 6.25. The molecule has 0 amide bonds. The van der Waals surface area contributed by atoms with E-state index >= 15 is 0 Å². The minimum absolute atomic E-state index is 0.394. The van der Waals surface area contributed by atoms with E-state index in [0.717, 1.165) is 12.3 Å². The third kappa shape index (κ3) is 4.97. The smallest absolute Gasteiger partial charge is 0.117 e. The molecule has 0 aliphatic heterocycles. The summed E-state index contributed by atoms with van der Waals surface area (Å²) in [6.45, 7) is 8.18. The van der Waals surface area contributed by atoms with Gasteiger partial charge in [0, 0.05) is 25.2 Å². The molecule has 2 rings (SSSR count). The Morgan fingerprint density at radius 3 is 2.79 bits per heavy atom. The van der Waals surface area contributed by atoms with Crippen molar-refractivity contribution in [1.82, 2.24) is 10.2 Å². The van der Waals surface area contributed by atoms with Gasteiger partial charge < -0.3 is 14.8 Å². The Labute approximate surface area is 115 Å². The molecule has 19 heavy (non-hydrogen) atoms. The lowest BCUT2D eigenvalue weighted by atomic mass is 10.1. The van der Waals surface area contributed by atoms with Crippen LogP contribution in [-0.4, -0.2) is 40.8 Å². The van der Waals surface area contributed by atoms with Crippen LogP contribution >= 0.6 is 0 Å². The van der Waals surface area contributed by atoms with Gasteiger partial charge in [0.15, 0.2) is 0 Å². The zero-order valence-electron chi connectivity index (χ0n) is 12.2. The van der Waals surface area contributed by atoms with Gasteiger partial charge in [-0.3, -0.25) is 4.90 Å². The van der Waals surface area contributed by atoms with E-state index < -0.39 is 5.60 Å². The number of rotatable bonds is 8. The summed E-state index contributed by atoms with van der Waals surface area (Å²) in [5, 5.41) is 13.8. The van der Waals surface area contributed by atoms with Crippen molar-refractivity contribution in [3.8, 4) is 0 Å². The Kier molecular flexibility index (Phi) is 4.66.